The van der Waals surface area contributed by atoms with Gasteiger partial charge in [0.2, 0.25) is 0 Å². The maximum atomic E-state index is 5.96. The standard InChI is InChI=1S/C11H25N3O/c1-13-6-4-5-11(9-12,10-13)14(2)7-8-15-3/h4-10,12H2,1-3H3. The van der Waals surface area contributed by atoms with E-state index in [-0.39, 0.29) is 5.54 Å². The molecule has 1 fully saturated rings. The number of ether oxygens (including phenoxy) is 1. The Labute approximate surface area is 93.4 Å². The van der Waals surface area contributed by atoms with Gasteiger partial charge in [-0.25, -0.2) is 0 Å². The zero-order valence-electron chi connectivity index (χ0n) is 10.3. The Morgan fingerprint density at radius 3 is 2.80 bits per heavy atom. The molecule has 15 heavy (non-hydrogen) atoms. The third-order valence-electron chi connectivity index (χ3n) is 3.57. The topological polar surface area (TPSA) is 41.7 Å². The maximum absolute atomic E-state index is 5.96. The zero-order chi connectivity index (χ0) is 11.3. The van der Waals surface area contributed by atoms with Gasteiger partial charge in [-0.15, -0.1) is 0 Å². The van der Waals surface area contributed by atoms with Crippen LogP contribution >= 0.6 is 0 Å². The van der Waals surface area contributed by atoms with Crippen LogP contribution in [0.3, 0.4) is 0 Å². The van der Waals surface area contributed by atoms with Gasteiger partial charge < -0.3 is 15.4 Å². The first-order chi connectivity index (χ1) is 7.14. The smallest absolute Gasteiger partial charge is 0.0589 e. The highest BCUT2D eigenvalue weighted by atomic mass is 16.5. The van der Waals surface area contributed by atoms with E-state index in [1.165, 1.54) is 19.4 Å². The summed E-state index contributed by atoms with van der Waals surface area (Å²) in [4.78, 5) is 4.74. The fourth-order valence-electron chi connectivity index (χ4n) is 2.44. The van der Waals surface area contributed by atoms with Crippen molar-refractivity contribution in [3.05, 3.63) is 0 Å². The number of likely N-dealkylation sites (tertiary alicyclic amines) is 1. The second-order valence-corrected chi connectivity index (χ2v) is 4.68. The van der Waals surface area contributed by atoms with Crippen LogP contribution in [0.1, 0.15) is 12.8 Å². The van der Waals surface area contributed by atoms with Crippen LogP contribution in [0.4, 0.5) is 0 Å². The van der Waals surface area contributed by atoms with Crippen LogP contribution < -0.4 is 5.73 Å². The molecule has 1 aliphatic heterocycles. The van der Waals surface area contributed by atoms with Crippen LogP contribution in [0.2, 0.25) is 0 Å². The summed E-state index contributed by atoms with van der Waals surface area (Å²) < 4.78 is 5.12. The van der Waals surface area contributed by atoms with Crippen molar-refractivity contribution in [1.29, 1.82) is 0 Å². The van der Waals surface area contributed by atoms with Gasteiger partial charge in [0.15, 0.2) is 0 Å². The highest BCUT2D eigenvalue weighted by Crippen LogP contribution is 2.24. The highest BCUT2D eigenvalue weighted by Gasteiger charge is 2.36. The van der Waals surface area contributed by atoms with Crippen molar-refractivity contribution in [1.82, 2.24) is 9.80 Å². The summed E-state index contributed by atoms with van der Waals surface area (Å²) in [5.41, 5.74) is 6.12. The van der Waals surface area contributed by atoms with Gasteiger partial charge in [-0.2, -0.15) is 0 Å². The van der Waals surface area contributed by atoms with Gasteiger partial charge in [0.05, 0.1) is 6.61 Å². The van der Waals surface area contributed by atoms with E-state index in [1.807, 2.05) is 0 Å². The first-order valence-corrected chi connectivity index (χ1v) is 5.73. The Morgan fingerprint density at radius 2 is 2.27 bits per heavy atom. The number of hydrogen-bond donors (Lipinski definition) is 1. The lowest BCUT2D eigenvalue weighted by atomic mass is 9.87. The monoisotopic (exact) mass is 215 g/mol. The van der Waals surface area contributed by atoms with Gasteiger partial charge in [-0.3, -0.25) is 4.90 Å². The lowest BCUT2D eigenvalue weighted by molar-refractivity contribution is 0.0281. The molecule has 4 heteroatoms. The molecular weight excluding hydrogens is 190 g/mol. The van der Waals surface area contributed by atoms with Crippen LogP contribution in [0.25, 0.3) is 0 Å². The predicted molar refractivity (Wildman–Crippen MR) is 63.0 cm³/mol. The molecule has 0 radical (unpaired) electrons. The van der Waals surface area contributed by atoms with Crippen LogP contribution in [0.15, 0.2) is 0 Å². The van der Waals surface area contributed by atoms with Crippen molar-refractivity contribution in [3.63, 3.8) is 0 Å². The molecule has 1 saturated heterocycles. The molecule has 1 heterocycles. The molecule has 2 N–H and O–H groups in total. The van der Waals surface area contributed by atoms with E-state index in [2.05, 4.69) is 23.9 Å². The maximum Gasteiger partial charge on any atom is 0.0589 e. The van der Waals surface area contributed by atoms with E-state index in [0.29, 0.717) is 0 Å². The Balaban J connectivity index is 2.57. The molecule has 1 rings (SSSR count). The molecule has 0 bridgehead atoms. The molecule has 0 aromatic carbocycles. The molecule has 4 nitrogen and oxygen atoms in total. The normalized spacial score (nSPS) is 28.6. The first-order valence-electron chi connectivity index (χ1n) is 5.73. The Hall–Kier alpha value is -0.160. The summed E-state index contributed by atoms with van der Waals surface area (Å²) in [5, 5.41) is 0. The fraction of sp³-hybridized carbons (Fsp3) is 1.00. The summed E-state index contributed by atoms with van der Waals surface area (Å²) in [5.74, 6) is 0. The molecule has 0 aromatic rings. The van der Waals surface area contributed by atoms with Gasteiger partial charge in [0.25, 0.3) is 0 Å². The van der Waals surface area contributed by atoms with E-state index >= 15 is 0 Å². The molecule has 90 valence electrons. The number of rotatable bonds is 5. The molecular formula is C11H25N3O. The van der Waals surface area contributed by atoms with Gasteiger partial charge >= 0.3 is 0 Å². The van der Waals surface area contributed by atoms with E-state index in [1.54, 1.807) is 7.11 Å². The molecule has 0 saturated carbocycles. The summed E-state index contributed by atoms with van der Waals surface area (Å²) in [7, 11) is 6.08. The summed E-state index contributed by atoms with van der Waals surface area (Å²) in [6.07, 6.45) is 2.44. The van der Waals surface area contributed by atoms with Crippen LogP contribution in [0.5, 0.6) is 0 Å². The SMILES string of the molecule is COCCN(C)C1(CN)CCCN(C)C1. The first kappa shape index (κ1) is 12.9. The second-order valence-electron chi connectivity index (χ2n) is 4.68. The molecule has 1 atom stereocenters. The number of nitrogens with two attached hydrogens (primary N) is 1. The van der Waals surface area contributed by atoms with Crippen molar-refractivity contribution in [2.24, 2.45) is 5.73 Å². The summed E-state index contributed by atoms with van der Waals surface area (Å²) >= 11 is 0. The van der Waals surface area contributed by atoms with E-state index in [9.17, 15) is 0 Å². The number of piperidine rings is 1. The van der Waals surface area contributed by atoms with Gasteiger partial charge in [0, 0.05) is 32.3 Å². The third kappa shape index (κ3) is 3.14. The molecule has 0 aliphatic carbocycles. The minimum atomic E-state index is 0.158. The third-order valence-corrected chi connectivity index (χ3v) is 3.57. The van der Waals surface area contributed by atoms with Crippen molar-refractivity contribution >= 4 is 0 Å². The van der Waals surface area contributed by atoms with Crippen molar-refractivity contribution in [2.75, 3.05) is 54.0 Å². The fourth-order valence-corrected chi connectivity index (χ4v) is 2.44. The van der Waals surface area contributed by atoms with E-state index < -0.39 is 0 Å². The van der Waals surface area contributed by atoms with Gasteiger partial charge in [-0.1, -0.05) is 0 Å². The lowest BCUT2D eigenvalue weighted by Gasteiger charge is -2.47. The molecule has 1 aliphatic rings. The number of nitrogens with zero attached hydrogens (tertiary/aromatic N) is 2. The van der Waals surface area contributed by atoms with Crippen LogP contribution in [-0.2, 0) is 4.74 Å². The summed E-state index contributed by atoms with van der Waals surface area (Å²) in [6.45, 7) is 4.74. The van der Waals surface area contributed by atoms with Crippen molar-refractivity contribution < 1.29 is 4.74 Å². The average Bonchev–Trinajstić information content (AvgIpc) is 2.25. The molecule has 1 unspecified atom stereocenters. The van der Waals surface area contributed by atoms with Gasteiger partial charge in [-0.05, 0) is 33.5 Å². The van der Waals surface area contributed by atoms with Gasteiger partial charge in [0.1, 0.15) is 0 Å². The quantitative estimate of drug-likeness (QED) is 0.700. The predicted octanol–water partition coefficient (Wildman–Crippen LogP) is -0.0123. The Morgan fingerprint density at radius 1 is 1.53 bits per heavy atom. The number of likely N-dealkylation sites (N-methyl/N-ethyl adjacent to an activating group) is 2. The van der Waals surface area contributed by atoms with E-state index in [0.717, 1.165) is 26.2 Å². The van der Waals surface area contributed by atoms with Crippen molar-refractivity contribution in [2.45, 2.75) is 18.4 Å². The van der Waals surface area contributed by atoms with Crippen LogP contribution in [0, 0.1) is 0 Å². The minimum absolute atomic E-state index is 0.158. The van der Waals surface area contributed by atoms with E-state index in [4.69, 9.17) is 10.5 Å². The molecule has 0 spiro atoms. The second kappa shape index (κ2) is 5.80. The zero-order valence-corrected chi connectivity index (χ0v) is 10.3. The number of methoxy groups -OCH3 is 1. The number of hydrogen-bond acceptors (Lipinski definition) is 4. The Kier molecular flexibility index (Phi) is 4.99. The average molecular weight is 215 g/mol. The molecule has 0 amide bonds. The Bertz CT molecular complexity index is 189. The largest absolute Gasteiger partial charge is 0.383 e. The van der Waals surface area contributed by atoms with Crippen LogP contribution in [-0.4, -0.2) is 69.3 Å². The molecule has 0 aromatic heterocycles. The highest BCUT2D eigenvalue weighted by molar-refractivity contribution is 4.95. The van der Waals surface area contributed by atoms with Crippen molar-refractivity contribution in [3.8, 4) is 0 Å². The minimum Gasteiger partial charge on any atom is -0.383 e. The summed E-state index contributed by atoms with van der Waals surface area (Å²) in [6, 6.07) is 0. The lowest BCUT2D eigenvalue weighted by Crippen LogP contribution is -2.61.